The number of nitrogens with zero attached hydrogens (tertiary/aromatic N) is 4. The number of carbonyl (C=O) groups is 1. The van der Waals surface area contributed by atoms with Crippen LogP contribution in [0.4, 0.5) is 5.69 Å². The van der Waals surface area contributed by atoms with E-state index < -0.39 is 10.8 Å². The van der Waals surface area contributed by atoms with Gasteiger partial charge in [0, 0.05) is 24.2 Å². The van der Waals surface area contributed by atoms with Gasteiger partial charge in [0.15, 0.2) is 4.80 Å². The molecule has 0 atom stereocenters. The van der Waals surface area contributed by atoms with Crippen molar-refractivity contribution in [3.8, 4) is 6.07 Å². The van der Waals surface area contributed by atoms with E-state index in [0.717, 1.165) is 4.70 Å². The number of non-ortho nitro benzene ring substituents is 1. The van der Waals surface area contributed by atoms with Gasteiger partial charge in [-0.25, -0.2) is 0 Å². The van der Waals surface area contributed by atoms with Crippen LogP contribution in [-0.2, 0) is 6.54 Å². The number of rotatable bonds is 3. The van der Waals surface area contributed by atoms with Crippen molar-refractivity contribution in [3.05, 3.63) is 68.5 Å². The van der Waals surface area contributed by atoms with Crippen molar-refractivity contribution >= 4 is 33.1 Å². The molecule has 3 rings (SSSR count). The van der Waals surface area contributed by atoms with Crippen molar-refractivity contribution in [2.45, 2.75) is 13.5 Å². The van der Waals surface area contributed by atoms with E-state index in [4.69, 9.17) is 5.26 Å². The molecule has 1 heterocycles. The Morgan fingerprint density at radius 2 is 2.04 bits per heavy atom. The summed E-state index contributed by atoms with van der Waals surface area (Å²) in [5.41, 5.74) is 1.52. The molecular formula is C17H12N4O3S. The van der Waals surface area contributed by atoms with Crippen molar-refractivity contribution < 1.29 is 9.72 Å². The Morgan fingerprint density at radius 3 is 2.64 bits per heavy atom. The summed E-state index contributed by atoms with van der Waals surface area (Å²) < 4.78 is 2.59. The molecule has 0 aliphatic carbocycles. The third-order valence-corrected chi connectivity index (χ3v) is 4.71. The maximum atomic E-state index is 12.4. The van der Waals surface area contributed by atoms with Gasteiger partial charge in [0.25, 0.3) is 11.6 Å². The van der Waals surface area contributed by atoms with Gasteiger partial charge in [0.1, 0.15) is 0 Å². The standard InChI is InChI=1S/C17H12N4O3S/c1-2-20-14-9-13(21(23)24)7-8-15(14)25-17(20)19-16(22)12-5-3-11(10-18)4-6-12/h3-9H,2H2,1H3. The summed E-state index contributed by atoms with van der Waals surface area (Å²) in [6.07, 6.45) is 0. The summed E-state index contributed by atoms with van der Waals surface area (Å²) in [6, 6.07) is 12.8. The van der Waals surface area contributed by atoms with Gasteiger partial charge in [-0.3, -0.25) is 14.9 Å². The molecule has 25 heavy (non-hydrogen) atoms. The largest absolute Gasteiger partial charge is 0.316 e. The summed E-state index contributed by atoms with van der Waals surface area (Å²) in [4.78, 5) is 27.5. The fourth-order valence-corrected chi connectivity index (χ4v) is 3.47. The lowest BCUT2D eigenvalue weighted by Gasteiger charge is -2.00. The number of carbonyl (C=O) groups excluding carboxylic acids is 1. The molecule has 124 valence electrons. The third-order valence-electron chi connectivity index (χ3n) is 3.65. The first-order valence-corrected chi connectivity index (χ1v) is 8.22. The Labute approximate surface area is 146 Å². The van der Waals surface area contributed by atoms with Crippen molar-refractivity contribution in [1.29, 1.82) is 5.26 Å². The molecule has 0 aliphatic rings. The fraction of sp³-hybridized carbons (Fsp3) is 0.118. The average molecular weight is 352 g/mol. The summed E-state index contributed by atoms with van der Waals surface area (Å²) in [5.74, 6) is -0.423. The molecule has 0 aliphatic heterocycles. The van der Waals surface area contributed by atoms with Crippen LogP contribution in [0, 0.1) is 21.4 Å². The van der Waals surface area contributed by atoms with Gasteiger partial charge in [-0.1, -0.05) is 11.3 Å². The minimum absolute atomic E-state index is 0.00234. The van der Waals surface area contributed by atoms with Gasteiger partial charge in [-0.15, -0.1) is 0 Å². The van der Waals surface area contributed by atoms with E-state index in [9.17, 15) is 14.9 Å². The molecule has 0 unspecified atom stereocenters. The molecule has 1 amide bonds. The van der Waals surface area contributed by atoms with Gasteiger partial charge >= 0.3 is 0 Å². The molecule has 7 nitrogen and oxygen atoms in total. The van der Waals surface area contributed by atoms with Crippen molar-refractivity contribution in [2.75, 3.05) is 0 Å². The molecule has 0 radical (unpaired) electrons. The number of nitriles is 1. The van der Waals surface area contributed by atoms with Gasteiger partial charge in [0.2, 0.25) is 0 Å². The predicted molar refractivity (Wildman–Crippen MR) is 93.2 cm³/mol. The van der Waals surface area contributed by atoms with Crippen LogP contribution in [0.5, 0.6) is 0 Å². The fourth-order valence-electron chi connectivity index (χ4n) is 2.40. The van der Waals surface area contributed by atoms with E-state index in [1.807, 2.05) is 13.0 Å². The molecule has 0 saturated heterocycles. The Kier molecular flexibility index (Phi) is 4.41. The van der Waals surface area contributed by atoms with Crippen LogP contribution in [-0.4, -0.2) is 15.4 Å². The zero-order chi connectivity index (χ0) is 18.0. The molecule has 0 fully saturated rings. The number of aryl methyl sites for hydroxylation is 1. The number of thiazole rings is 1. The van der Waals surface area contributed by atoms with Crippen LogP contribution in [0.25, 0.3) is 10.2 Å². The summed E-state index contributed by atoms with van der Waals surface area (Å²) in [5, 5.41) is 19.8. The Balaban J connectivity index is 2.10. The van der Waals surface area contributed by atoms with Gasteiger partial charge < -0.3 is 4.57 Å². The average Bonchev–Trinajstić information content (AvgIpc) is 2.97. The topological polar surface area (TPSA) is 101 Å². The molecule has 0 N–H and O–H groups in total. The van der Waals surface area contributed by atoms with Crippen LogP contribution < -0.4 is 4.80 Å². The number of nitro groups is 1. The first kappa shape index (κ1) is 16.5. The maximum Gasteiger partial charge on any atom is 0.279 e. The number of aromatic nitrogens is 1. The highest BCUT2D eigenvalue weighted by molar-refractivity contribution is 7.16. The number of fused-ring (bicyclic) bond motifs is 1. The van der Waals surface area contributed by atoms with Crippen LogP contribution >= 0.6 is 11.3 Å². The molecule has 2 aromatic carbocycles. The number of hydrogen-bond donors (Lipinski definition) is 0. The maximum absolute atomic E-state index is 12.4. The van der Waals surface area contributed by atoms with E-state index in [2.05, 4.69) is 4.99 Å². The van der Waals surface area contributed by atoms with Crippen molar-refractivity contribution in [3.63, 3.8) is 0 Å². The highest BCUT2D eigenvalue weighted by Gasteiger charge is 2.12. The highest BCUT2D eigenvalue weighted by Crippen LogP contribution is 2.23. The normalized spacial score (nSPS) is 11.4. The lowest BCUT2D eigenvalue weighted by Crippen LogP contribution is -2.15. The van der Waals surface area contributed by atoms with Crippen LogP contribution in [0.2, 0.25) is 0 Å². The summed E-state index contributed by atoms with van der Waals surface area (Å²) in [7, 11) is 0. The first-order valence-electron chi connectivity index (χ1n) is 7.40. The smallest absolute Gasteiger partial charge is 0.279 e. The van der Waals surface area contributed by atoms with Gasteiger partial charge in [0.05, 0.1) is 26.8 Å². The van der Waals surface area contributed by atoms with Crippen LogP contribution in [0.15, 0.2) is 47.5 Å². The molecule has 8 heteroatoms. The molecule has 0 saturated carbocycles. The summed E-state index contributed by atoms with van der Waals surface area (Å²) >= 11 is 1.30. The second-order valence-corrected chi connectivity index (χ2v) is 6.15. The monoisotopic (exact) mass is 352 g/mol. The highest BCUT2D eigenvalue weighted by atomic mass is 32.1. The van der Waals surface area contributed by atoms with Gasteiger partial charge in [-0.2, -0.15) is 10.3 Å². The number of benzene rings is 2. The Hall–Kier alpha value is -3.31. The van der Waals surface area contributed by atoms with Crippen LogP contribution in [0.1, 0.15) is 22.8 Å². The number of nitro benzene ring substituents is 1. The van der Waals surface area contributed by atoms with Crippen molar-refractivity contribution in [1.82, 2.24) is 4.57 Å². The van der Waals surface area contributed by atoms with E-state index in [1.165, 1.54) is 23.5 Å². The SMILES string of the molecule is CCn1c(=NC(=O)c2ccc(C#N)cc2)sc2ccc([N+](=O)[O-])cc21. The lowest BCUT2D eigenvalue weighted by molar-refractivity contribution is -0.384. The molecule has 3 aromatic rings. The van der Waals surface area contributed by atoms with Gasteiger partial charge in [-0.05, 0) is 37.3 Å². The molecule has 0 spiro atoms. The third kappa shape index (κ3) is 3.18. The second kappa shape index (κ2) is 6.67. The lowest BCUT2D eigenvalue weighted by atomic mass is 10.1. The van der Waals surface area contributed by atoms with Crippen LogP contribution in [0.3, 0.4) is 0 Å². The summed E-state index contributed by atoms with van der Waals surface area (Å²) in [6.45, 7) is 2.41. The second-order valence-electron chi connectivity index (χ2n) is 5.14. The quantitative estimate of drug-likeness (QED) is 0.533. The minimum atomic E-state index is -0.449. The predicted octanol–water partition coefficient (Wildman–Crippen LogP) is 3.24. The van der Waals surface area contributed by atoms with E-state index in [0.29, 0.717) is 28.0 Å². The molecule has 0 bridgehead atoms. The van der Waals surface area contributed by atoms with E-state index in [1.54, 1.807) is 34.9 Å². The molecular weight excluding hydrogens is 340 g/mol. The zero-order valence-electron chi connectivity index (χ0n) is 13.2. The zero-order valence-corrected chi connectivity index (χ0v) is 14.0. The Morgan fingerprint density at radius 1 is 1.32 bits per heavy atom. The number of amides is 1. The Bertz CT molecular complexity index is 1090. The van der Waals surface area contributed by atoms with E-state index >= 15 is 0 Å². The van der Waals surface area contributed by atoms with Crippen molar-refractivity contribution in [2.24, 2.45) is 4.99 Å². The van der Waals surface area contributed by atoms with E-state index in [-0.39, 0.29) is 5.69 Å². The molecule has 1 aromatic heterocycles. The first-order chi connectivity index (χ1) is 12.0. The minimum Gasteiger partial charge on any atom is -0.316 e. The number of hydrogen-bond acceptors (Lipinski definition) is 5.